The van der Waals surface area contributed by atoms with E-state index in [1.807, 2.05) is 0 Å². The Balaban J connectivity index is 2.59. The van der Waals surface area contributed by atoms with E-state index in [9.17, 15) is 4.79 Å². The van der Waals surface area contributed by atoms with E-state index >= 15 is 0 Å². The predicted octanol–water partition coefficient (Wildman–Crippen LogP) is 4.07. The zero-order valence-corrected chi connectivity index (χ0v) is 12.3. The van der Waals surface area contributed by atoms with Crippen LogP contribution < -0.4 is 0 Å². The summed E-state index contributed by atoms with van der Waals surface area (Å²) >= 11 is 5.78. The van der Waals surface area contributed by atoms with E-state index in [1.54, 1.807) is 0 Å². The van der Waals surface area contributed by atoms with Crippen molar-refractivity contribution in [2.45, 2.75) is 44.9 Å². The van der Waals surface area contributed by atoms with Crippen LogP contribution in [0.1, 0.15) is 45.2 Å². The molecule has 0 spiro atoms. The van der Waals surface area contributed by atoms with Gasteiger partial charge in [0.05, 0.1) is 5.88 Å². The Hall–Kier alpha value is -0.820. The molecule has 0 aromatic heterocycles. The molecular formula is C16H21ClO. The van der Waals surface area contributed by atoms with Gasteiger partial charge in [0.2, 0.25) is 0 Å². The molecule has 0 bridgehead atoms. The Morgan fingerprint density at radius 3 is 2.33 bits per heavy atom. The van der Waals surface area contributed by atoms with Gasteiger partial charge in [0.1, 0.15) is 0 Å². The number of alkyl halides is 1. The van der Waals surface area contributed by atoms with Crippen molar-refractivity contribution in [1.82, 2.24) is 0 Å². The lowest BCUT2D eigenvalue weighted by atomic mass is 9.57. The van der Waals surface area contributed by atoms with Gasteiger partial charge in [-0.05, 0) is 28.4 Å². The van der Waals surface area contributed by atoms with Crippen molar-refractivity contribution >= 4 is 17.4 Å². The van der Waals surface area contributed by atoms with Gasteiger partial charge in [-0.25, -0.2) is 0 Å². The van der Waals surface area contributed by atoms with Gasteiger partial charge in [-0.1, -0.05) is 52.0 Å². The van der Waals surface area contributed by atoms with Gasteiger partial charge >= 0.3 is 0 Å². The monoisotopic (exact) mass is 264 g/mol. The fourth-order valence-corrected chi connectivity index (χ4v) is 3.49. The summed E-state index contributed by atoms with van der Waals surface area (Å²) < 4.78 is 0. The lowest BCUT2D eigenvalue weighted by molar-refractivity contribution is -0.123. The molecule has 0 heterocycles. The summed E-state index contributed by atoms with van der Waals surface area (Å²) in [6, 6.07) is 8.49. The van der Waals surface area contributed by atoms with Crippen LogP contribution in [0.2, 0.25) is 0 Å². The number of carbonyl (C=O) groups excluding carboxylic acids is 1. The fraction of sp³-hybridized carbons (Fsp3) is 0.562. The van der Waals surface area contributed by atoms with Crippen molar-refractivity contribution in [3.05, 3.63) is 35.4 Å². The molecule has 1 aliphatic rings. The Morgan fingerprint density at radius 1 is 1.22 bits per heavy atom. The number of ketones is 1. The molecule has 98 valence electrons. The van der Waals surface area contributed by atoms with E-state index in [0.717, 1.165) is 6.42 Å². The molecule has 2 heteroatoms. The topological polar surface area (TPSA) is 17.1 Å². The summed E-state index contributed by atoms with van der Waals surface area (Å²) in [5, 5.41) is 0. The van der Waals surface area contributed by atoms with E-state index in [0.29, 0.717) is 0 Å². The minimum atomic E-state index is -0.127. The molecule has 0 saturated heterocycles. The van der Waals surface area contributed by atoms with Crippen LogP contribution >= 0.6 is 11.6 Å². The summed E-state index contributed by atoms with van der Waals surface area (Å²) in [7, 11) is 0. The molecule has 1 aromatic carbocycles. The first-order valence-corrected chi connectivity index (χ1v) is 7.03. The normalized spacial score (nSPS) is 24.4. The van der Waals surface area contributed by atoms with Crippen LogP contribution in [0.3, 0.4) is 0 Å². The number of halogens is 1. The Labute approximate surface area is 115 Å². The average molecular weight is 265 g/mol. The highest BCUT2D eigenvalue weighted by molar-refractivity contribution is 6.28. The third kappa shape index (κ3) is 1.99. The molecule has 0 N–H and O–H groups in total. The number of benzene rings is 1. The lowest BCUT2D eigenvalue weighted by Gasteiger charge is -2.46. The van der Waals surface area contributed by atoms with Gasteiger partial charge in [-0.2, -0.15) is 0 Å². The van der Waals surface area contributed by atoms with Crippen LogP contribution in [-0.2, 0) is 15.6 Å². The fourth-order valence-electron chi connectivity index (χ4n) is 3.31. The molecule has 1 aliphatic carbocycles. The predicted molar refractivity (Wildman–Crippen MR) is 76.3 cm³/mol. The second-order valence-electron chi connectivity index (χ2n) is 6.51. The third-order valence-electron chi connectivity index (χ3n) is 4.46. The molecule has 1 nitrogen and oxygen atoms in total. The quantitative estimate of drug-likeness (QED) is 0.736. The van der Waals surface area contributed by atoms with Crippen molar-refractivity contribution < 1.29 is 4.79 Å². The standard InChI is InChI=1S/C16H21ClO/c1-15(2)9-13(14(18)10-17)16(3,4)12-8-6-5-7-11(12)15/h5-8,13H,9-10H2,1-4H3. The number of Topliss-reactive ketones (excluding diaryl/α,β-unsaturated/α-hetero) is 1. The molecule has 0 saturated carbocycles. The summed E-state index contributed by atoms with van der Waals surface area (Å²) in [5.74, 6) is 0.302. The van der Waals surface area contributed by atoms with Crippen LogP contribution in [-0.4, -0.2) is 11.7 Å². The van der Waals surface area contributed by atoms with E-state index in [4.69, 9.17) is 11.6 Å². The maximum absolute atomic E-state index is 12.1. The van der Waals surface area contributed by atoms with Crippen LogP contribution in [0.4, 0.5) is 0 Å². The minimum absolute atomic E-state index is 0.0138. The van der Waals surface area contributed by atoms with Crippen molar-refractivity contribution in [3.8, 4) is 0 Å². The highest BCUT2D eigenvalue weighted by Gasteiger charge is 2.46. The van der Waals surface area contributed by atoms with Crippen molar-refractivity contribution in [2.24, 2.45) is 5.92 Å². The largest absolute Gasteiger partial charge is 0.298 e. The summed E-state index contributed by atoms with van der Waals surface area (Å²) in [6.07, 6.45) is 0.878. The first-order chi connectivity index (χ1) is 8.30. The van der Waals surface area contributed by atoms with Crippen LogP contribution in [0.5, 0.6) is 0 Å². The number of hydrogen-bond acceptors (Lipinski definition) is 1. The van der Waals surface area contributed by atoms with Crippen molar-refractivity contribution in [2.75, 3.05) is 5.88 Å². The molecule has 1 atom stereocenters. The summed E-state index contributed by atoms with van der Waals surface area (Å²) in [5.41, 5.74) is 2.58. The maximum atomic E-state index is 12.1. The second-order valence-corrected chi connectivity index (χ2v) is 6.78. The Bertz CT molecular complexity index is 474. The van der Waals surface area contributed by atoms with E-state index in [-0.39, 0.29) is 28.4 Å². The van der Waals surface area contributed by atoms with Crippen molar-refractivity contribution in [1.29, 1.82) is 0 Å². The van der Waals surface area contributed by atoms with Gasteiger partial charge < -0.3 is 0 Å². The molecule has 18 heavy (non-hydrogen) atoms. The SMILES string of the molecule is CC1(C)CC(C(=O)CCl)C(C)(C)c2ccccc21. The zero-order chi connectivity index (χ0) is 13.6. The molecule has 0 fully saturated rings. The first-order valence-electron chi connectivity index (χ1n) is 6.49. The molecule has 0 aliphatic heterocycles. The third-order valence-corrected chi connectivity index (χ3v) is 4.72. The Kier molecular flexibility index (Phi) is 3.31. The van der Waals surface area contributed by atoms with Crippen molar-refractivity contribution in [3.63, 3.8) is 0 Å². The van der Waals surface area contributed by atoms with Gasteiger partial charge in [0.25, 0.3) is 0 Å². The van der Waals surface area contributed by atoms with Gasteiger partial charge in [0.15, 0.2) is 5.78 Å². The first kappa shape index (κ1) is 13.6. The molecule has 1 aromatic rings. The lowest BCUT2D eigenvalue weighted by Crippen LogP contribution is -2.45. The summed E-state index contributed by atoms with van der Waals surface area (Å²) in [6.45, 7) is 8.76. The van der Waals surface area contributed by atoms with Gasteiger partial charge in [-0.3, -0.25) is 4.79 Å². The van der Waals surface area contributed by atoms with E-state index < -0.39 is 0 Å². The van der Waals surface area contributed by atoms with Gasteiger partial charge in [-0.15, -0.1) is 11.6 Å². The van der Waals surface area contributed by atoms with E-state index in [1.165, 1.54) is 11.1 Å². The molecule has 2 rings (SSSR count). The highest BCUT2D eigenvalue weighted by atomic mass is 35.5. The number of rotatable bonds is 2. The average Bonchev–Trinajstić information content (AvgIpc) is 2.34. The Morgan fingerprint density at radius 2 is 1.78 bits per heavy atom. The zero-order valence-electron chi connectivity index (χ0n) is 11.6. The number of carbonyl (C=O) groups is 1. The number of fused-ring (bicyclic) bond motifs is 1. The molecule has 0 amide bonds. The van der Waals surface area contributed by atoms with Crippen LogP contribution in [0.25, 0.3) is 0 Å². The minimum Gasteiger partial charge on any atom is -0.298 e. The molecular weight excluding hydrogens is 244 g/mol. The smallest absolute Gasteiger partial charge is 0.151 e. The van der Waals surface area contributed by atoms with Gasteiger partial charge in [0, 0.05) is 5.92 Å². The number of hydrogen-bond donors (Lipinski definition) is 0. The van der Waals surface area contributed by atoms with Crippen LogP contribution in [0.15, 0.2) is 24.3 Å². The second kappa shape index (κ2) is 4.38. The summed E-state index contributed by atoms with van der Waals surface area (Å²) in [4.78, 5) is 12.1. The van der Waals surface area contributed by atoms with E-state index in [2.05, 4.69) is 52.0 Å². The maximum Gasteiger partial charge on any atom is 0.151 e. The van der Waals surface area contributed by atoms with Crippen LogP contribution in [0, 0.1) is 5.92 Å². The highest BCUT2D eigenvalue weighted by Crippen LogP contribution is 2.49. The molecule has 1 unspecified atom stereocenters. The molecule has 0 radical (unpaired) electrons.